The average Bonchev–Trinajstić information content (AvgIpc) is 3.46. The first-order valence-electron chi connectivity index (χ1n) is 16.1. The number of anilines is 2. The molecule has 1 saturated heterocycles. The molecule has 4 heterocycles. The fraction of sp³-hybridized carbons (Fsp3) is 0.389. The fourth-order valence-electron chi connectivity index (χ4n) is 7.60. The van der Waals surface area contributed by atoms with E-state index in [1.807, 2.05) is 55.7 Å². The number of nitrogens with zero attached hydrogens (tertiary/aromatic N) is 6. The molecule has 3 atom stereocenters. The number of pyridine rings is 1. The van der Waals surface area contributed by atoms with Crippen LogP contribution in [0.3, 0.4) is 0 Å². The zero-order chi connectivity index (χ0) is 30.8. The third-order valence-electron chi connectivity index (χ3n) is 10.2. The second kappa shape index (κ2) is 10.8. The first kappa shape index (κ1) is 27.9. The van der Waals surface area contributed by atoms with Crippen molar-refractivity contribution in [2.24, 2.45) is 29.8 Å². The predicted molar refractivity (Wildman–Crippen MR) is 179 cm³/mol. The van der Waals surface area contributed by atoms with Crippen LogP contribution in [0.1, 0.15) is 48.5 Å². The van der Waals surface area contributed by atoms with Crippen LogP contribution in [-0.4, -0.2) is 62.9 Å². The minimum absolute atomic E-state index is 0.0849. The molecule has 1 aliphatic heterocycles. The summed E-state index contributed by atoms with van der Waals surface area (Å²) in [7, 11) is 5.47. The third-order valence-corrected chi connectivity index (χ3v) is 10.2. The van der Waals surface area contributed by atoms with Crippen molar-refractivity contribution in [1.29, 1.82) is 0 Å². The summed E-state index contributed by atoms with van der Waals surface area (Å²) in [4.78, 5) is 30.2. The van der Waals surface area contributed by atoms with Crippen molar-refractivity contribution in [3.8, 4) is 17.3 Å². The monoisotopic (exact) mass is 601 g/mol. The van der Waals surface area contributed by atoms with Gasteiger partial charge in [0.1, 0.15) is 22.7 Å². The highest BCUT2D eigenvalue weighted by Gasteiger charge is 2.46. The van der Waals surface area contributed by atoms with Crippen molar-refractivity contribution >= 4 is 45.7 Å². The van der Waals surface area contributed by atoms with Crippen LogP contribution in [-0.2, 0) is 13.6 Å². The number of hydrogen-bond donors (Lipinski definition) is 1. The Morgan fingerprint density at radius 3 is 2.58 bits per heavy atom. The number of ether oxygens (including phenoxy) is 1. The number of amides is 1. The van der Waals surface area contributed by atoms with Gasteiger partial charge in [0.05, 0.1) is 18.3 Å². The van der Waals surface area contributed by atoms with Crippen LogP contribution >= 0.6 is 0 Å². The molecule has 3 aromatic heterocycles. The van der Waals surface area contributed by atoms with Gasteiger partial charge >= 0.3 is 0 Å². The SMILES string of the molecule is CN=Cc1ccc(Nc2ccc3cc(-c4nc5cc(C(=O)N6CC7CCC6[C@@H]7C)cc(OC)c5n4C)n(CC4CC4)c3n2)cc1. The topological polar surface area (TPSA) is 89.6 Å². The van der Waals surface area contributed by atoms with Crippen LogP contribution < -0.4 is 10.1 Å². The van der Waals surface area contributed by atoms with Gasteiger partial charge in [-0.3, -0.25) is 9.79 Å². The Hall–Kier alpha value is -4.66. The summed E-state index contributed by atoms with van der Waals surface area (Å²) in [5.41, 5.74) is 6.28. The lowest BCUT2D eigenvalue weighted by atomic mass is 10.0. The molecule has 2 aliphatic carbocycles. The Labute approximate surface area is 262 Å². The number of aryl methyl sites for hydroxylation is 1. The fourth-order valence-corrected chi connectivity index (χ4v) is 7.60. The van der Waals surface area contributed by atoms with E-state index in [0.717, 1.165) is 70.2 Å². The third kappa shape index (κ3) is 4.76. The van der Waals surface area contributed by atoms with Crippen LogP contribution in [0.4, 0.5) is 11.5 Å². The molecule has 3 aliphatic rings. The summed E-state index contributed by atoms with van der Waals surface area (Å²) >= 11 is 0. The van der Waals surface area contributed by atoms with E-state index in [-0.39, 0.29) is 5.91 Å². The van der Waals surface area contributed by atoms with Gasteiger partial charge in [-0.05, 0) is 91.5 Å². The number of hydrogen-bond acceptors (Lipinski definition) is 6. The van der Waals surface area contributed by atoms with E-state index in [2.05, 4.69) is 43.4 Å². The summed E-state index contributed by atoms with van der Waals surface area (Å²) < 4.78 is 10.3. The summed E-state index contributed by atoms with van der Waals surface area (Å²) in [6, 6.07) is 18.7. The lowest BCUT2D eigenvalue weighted by Crippen LogP contribution is -2.38. The molecule has 9 nitrogen and oxygen atoms in total. The molecule has 3 fully saturated rings. The van der Waals surface area contributed by atoms with Crippen molar-refractivity contribution in [2.75, 3.05) is 26.0 Å². The highest BCUT2D eigenvalue weighted by Crippen LogP contribution is 2.44. The van der Waals surface area contributed by atoms with Gasteiger partial charge < -0.3 is 24.1 Å². The molecule has 1 amide bonds. The van der Waals surface area contributed by atoms with Gasteiger partial charge in [-0.2, -0.15) is 0 Å². The van der Waals surface area contributed by atoms with E-state index in [4.69, 9.17) is 14.7 Å². The van der Waals surface area contributed by atoms with Gasteiger partial charge in [0.15, 0.2) is 5.82 Å². The van der Waals surface area contributed by atoms with Crippen molar-refractivity contribution < 1.29 is 9.53 Å². The number of carbonyl (C=O) groups excluding carboxylic acids is 1. The smallest absolute Gasteiger partial charge is 0.254 e. The molecule has 2 bridgehead atoms. The standard InChI is InChI=1S/C36H39N7O2/c1-21-25-9-13-29(21)43(20-25)36(44)26-15-28-33(31(17-26)45-4)41(3)35(39-28)30-16-24-10-14-32(40-34(24)42(30)19-23-5-6-23)38-27-11-7-22(8-12-27)18-37-2/h7-8,10-12,14-18,21,23,25,29H,5-6,9,13,19-20H2,1-4H3,(H,38,40)/t21-,25?,29?/m1/s1. The first-order chi connectivity index (χ1) is 21.9. The maximum atomic E-state index is 13.8. The number of carbonyl (C=O) groups is 1. The van der Waals surface area contributed by atoms with Crippen molar-refractivity contribution in [1.82, 2.24) is 24.0 Å². The number of aliphatic imine (C=N–C) groups is 1. The molecule has 0 spiro atoms. The molecule has 1 N–H and O–H groups in total. The lowest BCUT2D eigenvalue weighted by molar-refractivity contribution is 0.0696. The number of likely N-dealkylation sites (tertiary alicyclic amines) is 1. The van der Waals surface area contributed by atoms with Crippen LogP contribution in [0.2, 0.25) is 0 Å². The molecule has 5 aromatic rings. The normalized spacial score (nSPS) is 21.1. The van der Waals surface area contributed by atoms with E-state index in [9.17, 15) is 4.79 Å². The number of benzene rings is 2. The maximum absolute atomic E-state index is 13.8. The van der Waals surface area contributed by atoms with Gasteiger partial charge in [0.2, 0.25) is 0 Å². The number of rotatable bonds is 8. The minimum Gasteiger partial charge on any atom is -0.494 e. The van der Waals surface area contributed by atoms with Gasteiger partial charge in [-0.25, -0.2) is 9.97 Å². The first-order valence-corrected chi connectivity index (χ1v) is 16.1. The average molecular weight is 602 g/mol. The number of imidazole rings is 1. The Balaban J connectivity index is 1.18. The minimum atomic E-state index is 0.0849. The highest BCUT2D eigenvalue weighted by atomic mass is 16.5. The van der Waals surface area contributed by atoms with Crippen LogP contribution in [0.5, 0.6) is 5.75 Å². The van der Waals surface area contributed by atoms with Crippen LogP contribution in [0.25, 0.3) is 33.6 Å². The molecule has 0 radical (unpaired) electrons. The summed E-state index contributed by atoms with van der Waals surface area (Å²) in [6.07, 6.45) is 6.62. The summed E-state index contributed by atoms with van der Waals surface area (Å²) in [6.45, 7) is 4.03. The number of piperidine rings is 1. The van der Waals surface area contributed by atoms with E-state index in [1.54, 1.807) is 14.2 Å². The van der Waals surface area contributed by atoms with E-state index < -0.39 is 0 Å². The second-order valence-corrected chi connectivity index (χ2v) is 13.1. The van der Waals surface area contributed by atoms with Crippen LogP contribution in [0, 0.1) is 17.8 Å². The number of methoxy groups -OCH3 is 1. The largest absolute Gasteiger partial charge is 0.494 e. The maximum Gasteiger partial charge on any atom is 0.254 e. The van der Waals surface area contributed by atoms with Crippen molar-refractivity contribution in [3.05, 3.63) is 65.7 Å². The number of nitrogens with one attached hydrogen (secondary N) is 1. The quantitative estimate of drug-likeness (QED) is 0.201. The molecule has 2 saturated carbocycles. The molecule has 2 aromatic carbocycles. The van der Waals surface area contributed by atoms with E-state index in [0.29, 0.717) is 35.1 Å². The Morgan fingerprint density at radius 1 is 1.07 bits per heavy atom. The molecular weight excluding hydrogens is 562 g/mol. The Kier molecular flexibility index (Phi) is 6.66. The van der Waals surface area contributed by atoms with Crippen LogP contribution in [0.15, 0.2) is 59.6 Å². The predicted octanol–water partition coefficient (Wildman–Crippen LogP) is 6.67. The van der Waals surface area contributed by atoms with E-state index in [1.165, 1.54) is 19.3 Å². The van der Waals surface area contributed by atoms with Gasteiger partial charge in [0, 0.05) is 56.1 Å². The Bertz CT molecular complexity index is 1970. The molecule has 8 rings (SSSR count). The zero-order valence-corrected chi connectivity index (χ0v) is 26.3. The number of fused-ring (bicyclic) bond motifs is 4. The molecule has 45 heavy (non-hydrogen) atoms. The zero-order valence-electron chi connectivity index (χ0n) is 26.3. The molecule has 230 valence electrons. The highest BCUT2D eigenvalue weighted by molar-refractivity contribution is 6.00. The molecular formula is C36H39N7O2. The van der Waals surface area contributed by atoms with Crippen molar-refractivity contribution in [2.45, 2.75) is 45.2 Å². The Morgan fingerprint density at radius 2 is 1.89 bits per heavy atom. The van der Waals surface area contributed by atoms with E-state index >= 15 is 0 Å². The van der Waals surface area contributed by atoms with Gasteiger partial charge in [0.25, 0.3) is 5.91 Å². The summed E-state index contributed by atoms with van der Waals surface area (Å²) in [5.74, 6) is 4.20. The van der Waals surface area contributed by atoms with Crippen molar-refractivity contribution in [3.63, 3.8) is 0 Å². The molecule has 9 heteroatoms. The summed E-state index contributed by atoms with van der Waals surface area (Å²) in [5, 5.41) is 4.54. The van der Waals surface area contributed by atoms with Gasteiger partial charge in [-0.1, -0.05) is 19.1 Å². The second-order valence-electron chi connectivity index (χ2n) is 13.1. The number of aromatic nitrogens is 4. The molecule has 2 unspecified atom stereocenters. The lowest BCUT2D eigenvalue weighted by Gasteiger charge is -2.27. The van der Waals surface area contributed by atoms with Gasteiger partial charge in [-0.15, -0.1) is 0 Å².